The molecular formula is C15H22Cl2N2O2. The second-order valence-electron chi connectivity index (χ2n) is 5.96. The van der Waals surface area contributed by atoms with Crippen LogP contribution in [0.4, 0.5) is 4.79 Å². The molecule has 21 heavy (non-hydrogen) atoms. The van der Waals surface area contributed by atoms with Crippen LogP contribution in [0.15, 0.2) is 18.2 Å². The lowest BCUT2D eigenvalue weighted by Crippen LogP contribution is -2.42. The molecule has 0 bridgehead atoms. The molecule has 1 amide bonds. The number of nitrogens with one attached hydrogen (secondary N) is 2. The maximum Gasteiger partial charge on any atom is 0.407 e. The third kappa shape index (κ3) is 8.15. The standard InChI is InChI=1S/C15H22Cl2N2O2/c1-10(19-14(20)21-15(2,3)4)8-18-9-11-5-12(16)7-13(17)6-11/h5-7,10,18H,8-9H2,1-4H3,(H,19,20). The van der Waals surface area contributed by atoms with Crippen LogP contribution < -0.4 is 10.6 Å². The molecule has 0 aliphatic heterocycles. The lowest BCUT2D eigenvalue weighted by Gasteiger charge is -2.22. The number of hydrogen-bond donors (Lipinski definition) is 2. The summed E-state index contributed by atoms with van der Waals surface area (Å²) in [5.74, 6) is 0. The van der Waals surface area contributed by atoms with Gasteiger partial charge >= 0.3 is 6.09 Å². The molecule has 4 nitrogen and oxygen atoms in total. The smallest absolute Gasteiger partial charge is 0.407 e. The van der Waals surface area contributed by atoms with Gasteiger partial charge in [0.15, 0.2) is 0 Å². The van der Waals surface area contributed by atoms with E-state index in [1.165, 1.54) is 0 Å². The van der Waals surface area contributed by atoms with Crippen molar-refractivity contribution in [2.24, 2.45) is 0 Å². The lowest BCUT2D eigenvalue weighted by atomic mass is 10.2. The summed E-state index contributed by atoms with van der Waals surface area (Å²) in [4.78, 5) is 11.6. The van der Waals surface area contributed by atoms with Gasteiger partial charge in [-0.1, -0.05) is 23.2 Å². The average molecular weight is 333 g/mol. The molecule has 0 radical (unpaired) electrons. The predicted octanol–water partition coefficient (Wildman–Crippen LogP) is 4.00. The Balaban J connectivity index is 2.33. The molecule has 0 aliphatic carbocycles. The van der Waals surface area contributed by atoms with Gasteiger partial charge in [-0.15, -0.1) is 0 Å². The highest BCUT2D eigenvalue weighted by Gasteiger charge is 2.17. The first kappa shape index (κ1) is 18.1. The molecule has 0 fully saturated rings. The van der Waals surface area contributed by atoms with Crippen molar-refractivity contribution in [1.82, 2.24) is 10.6 Å². The highest BCUT2D eigenvalue weighted by molar-refractivity contribution is 6.34. The molecule has 1 atom stereocenters. The van der Waals surface area contributed by atoms with Crippen LogP contribution in [0.5, 0.6) is 0 Å². The van der Waals surface area contributed by atoms with Gasteiger partial charge in [-0.3, -0.25) is 0 Å². The van der Waals surface area contributed by atoms with Crippen LogP contribution >= 0.6 is 23.2 Å². The summed E-state index contributed by atoms with van der Waals surface area (Å²) in [5, 5.41) is 7.23. The normalized spacial score (nSPS) is 12.9. The number of rotatable bonds is 5. The van der Waals surface area contributed by atoms with Crippen LogP contribution in [0, 0.1) is 0 Å². The largest absolute Gasteiger partial charge is 0.444 e. The average Bonchev–Trinajstić information content (AvgIpc) is 2.24. The quantitative estimate of drug-likeness (QED) is 0.856. The summed E-state index contributed by atoms with van der Waals surface area (Å²) < 4.78 is 5.19. The number of ether oxygens (including phenoxy) is 1. The van der Waals surface area contributed by atoms with Crippen molar-refractivity contribution in [2.45, 2.75) is 45.9 Å². The highest BCUT2D eigenvalue weighted by atomic mass is 35.5. The van der Waals surface area contributed by atoms with Gasteiger partial charge in [0.05, 0.1) is 0 Å². The van der Waals surface area contributed by atoms with Gasteiger partial charge < -0.3 is 15.4 Å². The number of benzene rings is 1. The van der Waals surface area contributed by atoms with Gasteiger partial charge in [0.25, 0.3) is 0 Å². The van der Waals surface area contributed by atoms with Crippen LogP contribution in [0.1, 0.15) is 33.3 Å². The molecule has 6 heteroatoms. The third-order valence-corrected chi connectivity index (χ3v) is 2.90. The fraction of sp³-hybridized carbons (Fsp3) is 0.533. The summed E-state index contributed by atoms with van der Waals surface area (Å²) >= 11 is 11.9. The van der Waals surface area contributed by atoms with Crippen molar-refractivity contribution in [3.05, 3.63) is 33.8 Å². The predicted molar refractivity (Wildman–Crippen MR) is 87.0 cm³/mol. The minimum absolute atomic E-state index is 0.0468. The summed E-state index contributed by atoms with van der Waals surface area (Å²) in [6.45, 7) is 8.64. The molecule has 0 saturated heterocycles. The molecule has 118 valence electrons. The molecule has 0 spiro atoms. The summed E-state index contributed by atoms with van der Waals surface area (Å²) in [6.07, 6.45) is -0.414. The fourth-order valence-electron chi connectivity index (χ4n) is 1.71. The van der Waals surface area contributed by atoms with Crippen LogP contribution in [0.25, 0.3) is 0 Å². The SMILES string of the molecule is CC(CNCc1cc(Cl)cc(Cl)c1)NC(=O)OC(C)(C)C. The number of halogens is 2. The minimum Gasteiger partial charge on any atom is -0.444 e. The summed E-state index contributed by atoms with van der Waals surface area (Å²) in [7, 11) is 0. The first-order chi connectivity index (χ1) is 9.65. The topological polar surface area (TPSA) is 50.4 Å². The van der Waals surface area contributed by atoms with Crippen molar-refractivity contribution < 1.29 is 9.53 Å². The van der Waals surface area contributed by atoms with Gasteiger partial charge in [-0.05, 0) is 51.5 Å². The number of alkyl carbamates (subject to hydrolysis) is 1. The van der Waals surface area contributed by atoms with Crippen LogP contribution in [0.2, 0.25) is 10.0 Å². The molecular weight excluding hydrogens is 311 g/mol. The number of carbonyl (C=O) groups is 1. The van der Waals surface area contributed by atoms with E-state index in [1.807, 2.05) is 39.8 Å². The third-order valence-electron chi connectivity index (χ3n) is 2.47. The van der Waals surface area contributed by atoms with Crippen LogP contribution in [-0.2, 0) is 11.3 Å². The number of amides is 1. The van der Waals surface area contributed by atoms with Crippen LogP contribution in [-0.4, -0.2) is 24.3 Å². The Morgan fingerprint density at radius 1 is 1.24 bits per heavy atom. The van der Waals surface area contributed by atoms with Crippen molar-refractivity contribution in [3.8, 4) is 0 Å². The Bertz CT molecular complexity index is 467. The van der Waals surface area contributed by atoms with E-state index in [-0.39, 0.29) is 6.04 Å². The Morgan fingerprint density at radius 2 is 1.81 bits per heavy atom. The maximum absolute atomic E-state index is 11.6. The van der Waals surface area contributed by atoms with E-state index in [9.17, 15) is 4.79 Å². The van der Waals surface area contributed by atoms with E-state index in [0.717, 1.165) is 5.56 Å². The molecule has 0 aliphatic rings. The van der Waals surface area contributed by atoms with E-state index in [2.05, 4.69) is 10.6 Å². The van der Waals surface area contributed by atoms with E-state index in [1.54, 1.807) is 6.07 Å². The zero-order valence-electron chi connectivity index (χ0n) is 12.8. The molecule has 1 rings (SSSR count). The number of carbonyl (C=O) groups excluding carboxylic acids is 1. The van der Waals surface area contributed by atoms with E-state index in [0.29, 0.717) is 23.1 Å². The zero-order valence-corrected chi connectivity index (χ0v) is 14.3. The second-order valence-corrected chi connectivity index (χ2v) is 6.83. The Morgan fingerprint density at radius 3 is 2.33 bits per heavy atom. The Kier molecular flexibility index (Phi) is 6.78. The fourth-order valence-corrected chi connectivity index (χ4v) is 2.28. The van der Waals surface area contributed by atoms with Gasteiger partial charge in [0, 0.05) is 29.2 Å². The zero-order chi connectivity index (χ0) is 16.0. The summed E-state index contributed by atoms with van der Waals surface area (Å²) in [6, 6.07) is 5.35. The van der Waals surface area contributed by atoms with Crippen molar-refractivity contribution in [1.29, 1.82) is 0 Å². The maximum atomic E-state index is 11.6. The second kappa shape index (κ2) is 7.87. The minimum atomic E-state index is -0.491. The van der Waals surface area contributed by atoms with Gasteiger partial charge in [0.2, 0.25) is 0 Å². The Labute approximate surface area is 136 Å². The van der Waals surface area contributed by atoms with Crippen molar-refractivity contribution in [2.75, 3.05) is 6.54 Å². The van der Waals surface area contributed by atoms with Crippen molar-refractivity contribution >= 4 is 29.3 Å². The summed E-state index contributed by atoms with van der Waals surface area (Å²) in [5.41, 5.74) is 0.506. The molecule has 1 aromatic rings. The van der Waals surface area contributed by atoms with Crippen molar-refractivity contribution in [3.63, 3.8) is 0 Å². The van der Waals surface area contributed by atoms with Gasteiger partial charge in [-0.2, -0.15) is 0 Å². The van der Waals surface area contributed by atoms with E-state index >= 15 is 0 Å². The van der Waals surface area contributed by atoms with E-state index < -0.39 is 11.7 Å². The molecule has 1 unspecified atom stereocenters. The number of hydrogen-bond acceptors (Lipinski definition) is 3. The Hall–Kier alpha value is -0.970. The highest BCUT2D eigenvalue weighted by Crippen LogP contribution is 2.18. The first-order valence-corrected chi connectivity index (χ1v) is 7.56. The lowest BCUT2D eigenvalue weighted by molar-refractivity contribution is 0.0508. The van der Waals surface area contributed by atoms with E-state index in [4.69, 9.17) is 27.9 Å². The molecule has 1 aromatic carbocycles. The first-order valence-electron chi connectivity index (χ1n) is 6.81. The monoisotopic (exact) mass is 332 g/mol. The van der Waals surface area contributed by atoms with Gasteiger partial charge in [0.1, 0.15) is 5.60 Å². The molecule has 2 N–H and O–H groups in total. The molecule has 0 saturated carbocycles. The molecule has 0 heterocycles. The van der Waals surface area contributed by atoms with Crippen LogP contribution in [0.3, 0.4) is 0 Å². The molecule has 0 aromatic heterocycles. The van der Waals surface area contributed by atoms with Gasteiger partial charge in [-0.25, -0.2) is 4.79 Å².